The molecule has 0 unspecified atom stereocenters. The smallest absolute Gasteiger partial charge is 0.224 e. The summed E-state index contributed by atoms with van der Waals surface area (Å²) in [5.74, 6) is 0.690. The fourth-order valence-corrected chi connectivity index (χ4v) is 3.89. The fraction of sp³-hybridized carbons (Fsp3) is 0.273. The average molecular weight is 416 g/mol. The molecule has 1 amide bonds. The van der Waals surface area contributed by atoms with Crippen molar-refractivity contribution in [2.75, 3.05) is 12.3 Å². The summed E-state index contributed by atoms with van der Waals surface area (Å²) in [4.78, 5) is 12.3. The number of amides is 1. The van der Waals surface area contributed by atoms with Gasteiger partial charge in [0.05, 0.1) is 17.8 Å². The molecule has 0 fully saturated rings. The molecule has 4 nitrogen and oxygen atoms in total. The molecule has 0 aliphatic rings. The van der Waals surface area contributed by atoms with Crippen LogP contribution in [0, 0.1) is 25.5 Å². The summed E-state index contributed by atoms with van der Waals surface area (Å²) in [6.45, 7) is 4.28. The first kappa shape index (κ1) is 21.0. The third-order valence-electron chi connectivity index (χ3n) is 4.63. The van der Waals surface area contributed by atoms with Crippen molar-refractivity contribution in [3.63, 3.8) is 0 Å². The third-order valence-corrected chi connectivity index (χ3v) is 5.64. The van der Waals surface area contributed by atoms with E-state index in [1.54, 1.807) is 40.7 Å². The number of rotatable bonds is 8. The van der Waals surface area contributed by atoms with Crippen LogP contribution in [-0.2, 0) is 17.0 Å². The number of halogens is 2. The Morgan fingerprint density at radius 3 is 2.55 bits per heavy atom. The zero-order valence-electron chi connectivity index (χ0n) is 16.4. The van der Waals surface area contributed by atoms with E-state index in [1.807, 2.05) is 19.9 Å². The number of hydrogen-bond donors (Lipinski definition) is 1. The van der Waals surface area contributed by atoms with Gasteiger partial charge >= 0.3 is 0 Å². The first-order valence-corrected chi connectivity index (χ1v) is 10.5. The molecule has 0 atom stereocenters. The number of hydrogen-bond acceptors (Lipinski definition) is 3. The van der Waals surface area contributed by atoms with Gasteiger partial charge in [0.1, 0.15) is 11.6 Å². The van der Waals surface area contributed by atoms with Gasteiger partial charge in [-0.15, -0.1) is 0 Å². The number of carbonyl (C=O) groups is 1. The Kier molecular flexibility index (Phi) is 7.04. The molecule has 0 aliphatic carbocycles. The van der Waals surface area contributed by atoms with Crippen LogP contribution in [0.5, 0.6) is 0 Å². The second kappa shape index (κ2) is 9.69. The molecule has 7 heteroatoms. The van der Waals surface area contributed by atoms with Crippen LogP contribution in [0.1, 0.15) is 22.5 Å². The summed E-state index contributed by atoms with van der Waals surface area (Å²) in [6.07, 6.45) is 0.233. The molecule has 3 rings (SSSR count). The molecule has 0 saturated heterocycles. The van der Waals surface area contributed by atoms with E-state index in [9.17, 15) is 13.6 Å². The minimum absolute atomic E-state index is 0.0821. The van der Waals surface area contributed by atoms with Gasteiger partial charge in [-0.05, 0) is 49.7 Å². The minimum Gasteiger partial charge on any atom is -0.355 e. The molecule has 0 bridgehead atoms. The monoisotopic (exact) mass is 415 g/mol. The quantitative estimate of drug-likeness (QED) is 0.556. The summed E-state index contributed by atoms with van der Waals surface area (Å²) in [6, 6.07) is 12.8. The molecule has 0 aliphatic heterocycles. The van der Waals surface area contributed by atoms with Gasteiger partial charge in [0.15, 0.2) is 0 Å². The minimum atomic E-state index is -0.303. The summed E-state index contributed by atoms with van der Waals surface area (Å²) in [5, 5.41) is 7.39. The Morgan fingerprint density at radius 1 is 1.10 bits per heavy atom. The van der Waals surface area contributed by atoms with E-state index in [1.165, 1.54) is 18.2 Å². The van der Waals surface area contributed by atoms with Crippen LogP contribution >= 0.6 is 11.8 Å². The predicted molar refractivity (Wildman–Crippen MR) is 112 cm³/mol. The van der Waals surface area contributed by atoms with E-state index in [0.717, 1.165) is 22.6 Å². The van der Waals surface area contributed by atoms with E-state index in [-0.39, 0.29) is 24.0 Å². The molecule has 1 aromatic heterocycles. The summed E-state index contributed by atoms with van der Waals surface area (Å²) in [7, 11) is 0. The Labute approximate surface area is 173 Å². The maximum Gasteiger partial charge on any atom is 0.224 e. The number of nitrogens with zero attached hydrogens (tertiary/aromatic N) is 2. The number of aromatic nitrogens is 2. The molecule has 29 heavy (non-hydrogen) atoms. The van der Waals surface area contributed by atoms with Gasteiger partial charge in [0.25, 0.3) is 0 Å². The van der Waals surface area contributed by atoms with Crippen LogP contribution in [0.4, 0.5) is 8.78 Å². The first-order valence-electron chi connectivity index (χ1n) is 9.34. The van der Waals surface area contributed by atoms with Crippen LogP contribution in [-0.4, -0.2) is 28.0 Å². The zero-order chi connectivity index (χ0) is 20.8. The lowest BCUT2D eigenvalue weighted by Crippen LogP contribution is -2.27. The summed E-state index contributed by atoms with van der Waals surface area (Å²) in [5.41, 5.74) is 3.92. The lowest BCUT2D eigenvalue weighted by atomic mass is 10.1. The number of carbonyl (C=O) groups excluding carboxylic acids is 1. The molecular formula is C22H23F2N3OS. The molecule has 1 N–H and O–H groups in total. The SMILES string of the molecule is Cc1nn(-c2ccc(F)cc2)c(C)c1CC(=O)NCCSCc1ccccc1F. The van der Waals surface area contributed by atoms with Gasteiger partial charge < -0.3 is 5.32 Å². The Hall–Kier alpha value is -2.67. The Balaban J connectivity index is 1.50. The molecule has 152 valence electrons. The van der Waals surface area contributed by atoms with E-state index < -0.39 is 0 Å². The van der Waals surface area contributed by atoms with Crippen molar-refractivity contribution in [2.45, 2.75) is 26.0 Å². The maximum atomic E-state index is 13.6. The van der Waals surface area contributed by atoms with Crippen LogP contribution in [0.2, 0.25) is 0 Å². The molecule has 3 aromatic rings. The lowest BCUT2D eigenvalue weighted by molar-refractivity contribution is -0.120. The maximum absolute atomic E-state index is 13.6. The lowest BCUT2D eigenvalue weighted by Gasteiger charge is -2.07. The van der Waals surface area contributed by atoms with Gasteiger partial charge in [-0.2, -0.15) is 16.9 Å². The van der Waals surface area contributed by atoms with Crippen molar-refractivity contribution < 1.29 is 13.6 Å². The summed E-state index contributed by atoms with van der Waals surface area (Å²) >= 11 is 1.58. The molecule has 0 spiro atoms. The van der Waals surface area contributed by atoms with Crippen LogP contribution in [0.3, 0.4) is 0 Å². The largest absolute Gasteiger partial charge is 0.355 e. The number of thioether (sulfide) groups is 1. The topological polar surface area (TPSA) is 46.9 Å². The van der Waals surface area contributed by atoms with Gasteiger partial charge in [-0.25, -0.2) is 13.5 Å². The number of aryl methyl sites for hydroxylation is 1. The second-order valence-electron chi connectivity index (χ2n) is 6.71. The standard InChI is InChI=1S/C22H23F2N3OS/c1-15-20(16(2)27(26-15)19-9-7-18(23)8-10-19)13-22(28)25-11-12-29-14-17-5-3-4-6-21(17)24/h3-10H,11-14H2,1-2H3,(H,25,28). The molecule has 0 radical (unpaired) electrons. The summed E-state index contributed by atoms with van der Waals surface area (Å²) < 4.78 is 28.4. The van der Waals surface area contributed by atoms with Crippen molar-refractivity contribution in [1.29, 1.82) is 0 Å². The van der Waals surface area contributed by atoms with Crippen molar-refractivity contribution in [1.82, 2.24) is 15.1 Å². The second-order valence-corrected chi connectivity index (χ2v) is 7.81. The van der Waals surface area contributed by atoms with E-state index in [4.69, 9.17) is 0 Å². The van der Waals surface area contributed by atoms with Crippen LogP contribution in [0.15, 0.2) is 48.5 Å². The van der Waals surface area contributed by atoms with Gasteiger partial charge in [-0.3, -0.25) is 4.79 Å². The van der Waals surface area contributed by atoms with Gasteiger partial charge in [0, 0.05) is 29.3 Å². The zero-order valence-corrected chi connectivity index (χ0v) is 17.2. The van der Waals surface area contributed by atoms with Crippen molar-refractivity contribution in [3.05, 3.63) is 82.7 Å². The van der Waals surface area contributed by atoms with Crippen molar-refractivity contribution >= 4 is 17.7 Å². The predicted octanol–water partition coefficient (Wildman–Crippen LogP) is 4.36. The molecular weight excluding hydrogens is 392 g/mol. The molecule has 2 aromatic carbocycles. The van der Waals surface area contributed by atoms with E-state index >= 15 is 0 Å². The number of nitrogens with one attached hydrogen (secondary N) is 1. The number of benzene rings is 2. The van der Waals surface area contributed by atoms with Gasteiger partial charge in [0.2, 0.25) is 5.91 Å². The van der Waals surface area contributed by atoms with Crippen molar-refractivity contribution in [2.24, 2.45) is 0 Å². The average Bonchev–Trinajstić information content (AvgIpc) is 2.98. The van der Waals surface area contributed by atoms with Crippen molar-refractivity contribution in [3.8, 4) is 5.69 Å². The third kappa shape index (κ3) is 5.44. The highest BCUT2D eigenvalue weighted by atomic mass is 32.2. The fourth-order valence-electron chi connectivity index (χ4n) is 3.05. The molecule has 1 heterocycles. The Bertz CT molecular complexity index is 986. The normalized spacial score (nSPS) is 10.9. The van der Waals surface area contributed by atoms with Crippen LogP contribution in [0.25, 0.3) is 5.69 Å². The van der Waals surface area contributed by atoms with E-state index in [0.29, 0.717) is 23.6 Å². The van der Waals surface area contributed by atoms with E-state index in [2.05, 4.69) is 10.4 Å². The first-order chi connectivity index (χ1) is 14.0. The van der Waals surface area contributed by atoms with Crippen LogP contribution < -0.4 is 5.32 Å². The van der Waals surface area contributed by atoms with Gasteiger partial charge in [-0.1, -0.05) is 18.2 Å². The molecule has 0 saturated carbocycles. The Morgan fingerprint density at radius 2 is 1.83 bits per heavy atom. The highest BCUT2D eigenvalue weighted by Gasteiger charge is 2.16. The highest BCUT2D eigenvalue weighted by Crippen LogP contribution is 2.19. The highest BCUT2D eigenvalue weighted by molar-refractivity contribution is 7.98.